The van der Waals surface area contributed by atoms with Crippen molar-refractivity contribution in [2.75, 3.05) is 20.2 Å². The van der Waals surface area contributed by atoms with Gasteiger partial charge in [0, 0.05) is 26.2 Å². The number of hydrogen-bond donors (Lipinski definition) is 0. The van der Waals surface area contributed by atoms with Crippen LogP contribution in [0.5, 0.6) is 0 Å². The smallest absolute Gasteiger partial charge is 0.0675 e. The Morgan fingerprint density at radius 1 is 1.25 bits per heavy atom. The van der Waals surface area contributed by atoms with Gasteiger partial charge in [0.05, 0.1) is 5.60 Å². The second-order valence-electron chi connectivity index (χ2n) is 4.42. The van der Waals surface area contributed by atoms with Crippen LogP contribution in [0.4, 0.5) is 0 Å². The van der Waals surface area contributed by atoms with E-state index in [1.165, 1.54) is 38.8 Å². The quantitative estimate of drug-likeness (QED) is 0.623. The fourth-order valence-corrected chi connectivity index (χ4v) is 2.01. The fourth-order valence-electron chi connectivity index (χ4n) is 2.01. The van der Waals surface area contributed by atoms with Crippen molar-refractivity contribution in [3.63, 3.8) is 0 Å². The SMILES string of the molecule is COC1(C)CCN(C2CC2)CC1. The highest BCUT2D eigenvalue weighted by molar-refractivity contribution is 4.91. The Labute approximate surface area is 74.9 Å². The lowest BCUT2D eigenvalue weighted by Crippen LogP contribution is -2.44. The molecule has 0 aromatic carbocycles. The van der Waals surface area contributed by atoms with Gasteiger partial charge in [0.15, 0.2) is 0 Å². The first-order chi connectivity index (χ1) is 5.73. The van der Waals surface area contributed by atoms with Crippen LogP contribution < -0.4 is 0 Å². The molecule has 2 nitrogen and oxygen atoms in total. The van der Waals surface area contributed by atoms with Gasteiger partial charge in [-0.15, -0.1) is 0 Å². The molecule has 1 saturated carbocycles. The minimum atomic E-state index is 0.172. The molecule has 0 spiro atoms. The topological polar surface area (TPSA) is 12.5 Å². The van der Waals surface area contributed by atoms with Gasteiger partial charge in [0.1, 0.15) is 0 Å². The molecular weight excluding hydrogens is 150 g/mol. The van der Waals surface area contributed by atoms with Crippen molar-refractivity contribution in [2.45, 2.75) is 44.2 Å². The Kier molecular flexibility index (Phi) is 2.13. The summed E-state index contributed by atoms with van der Waals surface area (Å²) in [6.07, 6.45) is 5.29. The Morgan fingerprint density at radius 2 is 1.83 bits per heavy atom. The van der Waals surface area contributed by atoms with Crippen molar-refractivity contribution in [1.82, 2.24) is 4.90 Å². The van der Waals surface area contributed by atoms with Gasteiger partial charge in [-0.1, -0.05) is 0 Å². The maximum Gasteiger partial charge on any atom is 0.0675 e. The summed E-state index contributed by atoms with van der Waals surface area (Å²) in [5, 5.41) is 0. The highest BCUT2D eigenvalue weighted by Crippen LogP contribution is 2.33. The van der Waals surface area contributed by atoms with E-state index in [0.29, 0.717) is 0 Å². The number of rotatable bonds is 2. The van der Waals surface area contributed by atoms with Crippen LogP contribution in [0.3, 0.4) is 0 Å². The minimum Gasteiger partial charge on any atom is -0.378 e. The normalized spacial score (nSPS) is 30.5. The lowest BCUT2D eigenvalue weighted by Gasteiger charge is -2.38. The second-order valence-corrected chi connectivity index (χ2v) is 4.42. The third-order valence-electron chi connectivity index (χ3n) is 3.41. The summed E-state index contributed by atoms with van der Waals surface area (Å²) in [6.45, 7) is 4.72. The van der Waals surface area contributed by atoms with Crippen molar-refractivity contribution >= 4 is 0 Å². The van der Waals surface area contributed by atoms with Gasteiger partial charge in [0.2, 0.25) is 0 Å². The maximum atomic E-state index is 5.50. The largest absolute Gasteiger partial charge is 0.378 e. The first-order valence-corrected chi connectivity index (χ1v) is 5.03. The fraction of sp³-hybridized carbons (Fsp3) is 1.00. The molecule has 2 heteroatoms. The van der Waals surface area contributed by atoms with E-state index in [4.69, 9.17) is 4.74 Å². The Morgan fingerprint density at radius 3 is 2.25 bits per heavy atom. The molecule has 0 aromatic rings. The van der Waals surface area contributed by atoms with Crippen LogP contribution in [-0.2, 0) is 4.74 Å². The van der Waals surface area contributed by atoms with Crippen LogP contribution in [0.2, 0.25) is 0 Å². The molecule has 12 heavy (non-hydrogen) atoms. The van der Waals surface area contributed by atoms with Gasteiger partial charge < -0.3 is 9.64 Å². The summed E-state index contributed by atoms with van der Waals surface area (Å²) in [6, 6.07) is 0.936. The monoisotopic (exact) mass is 169 g/mol. The predicted octanol–water partition coefficient (Wildman–Crippen LogP) is 1.65. The average Bonchev–Trinajstić information content (AvgIpc) is 2.89. The van der Waals surface area contributed by atoms with E-state index in [1.54, 1.807) is 0 Å². The molecule has 0 amide bonds. The third kappa shape index (κ3) is 1.64. The molecule has 70 valence electrons. The van der Waals surface area contributed by atoms with E-state index in [9.17, 15) is 0 Å². The summed E-state index contributed by atoms with van der Waals surface area (Å²) in [7, 11) is 1.84. The molecule has 2 rings (SSSR count). The molecule has 0 unspecified atom stereocenters. The molecule has 0 aromatic heterocycles. The van der Waals surface area contributed by atoms with Crippen LogP contribution in [0, 0.1) is 0 Å². The predicted molar refractivity (Wildman–Crippen MR) is 49.2 cm³/mol. The van der Waals surface area contributed by atoms with Gasteiger partial charge in [-0.2, -0.15) is 0 Å². The number of nitrogens with zero attached hydrogens (tertiary/aromatic N) is 1. The summed E-state index contributed by atoms with van der Waals surface area (Å²) >= 11 is 0. The van der Waals surface area contributed by atoms with Crippen molar-refractivity contribution in [1.29, 1.82) is 0 Å². The van der Waals surface area contributed by atoms with Gasteiger partial charge in [-0.3, -0.25) is 0 Å². The van der Waals surface area contributed by atoms with Crippen molar-refractivity contribution in [2.24, 2.45) is 0 Å². The number of ether oxygens (including phenoxy) is 1. The van der Waals surface area contributed by atoms with E-state index in [-0.39, 0.29) is 5.60 Å². The van der Waals surface area contributed by atoms with E-state index in [2.05, 4.69) is 11.8 Å². The molecule has 1 aliphatic carbocycles. The van der Waals surface area contributed by atoms with Crippen molar-refractivity contribution in [3.8, 4) is 0 Å². The van der Waals surface area contributed by atoms with Gasteiger partial charge in [0.25, 0.3) is 0 Å². The van der Waals surface area contributed by atoms with E-state index in [1.807, 2.05) is 7.11 Å². The van der Waals surface area contributed by atoms with Crippen LogP contribution in [0.1, 0.15) is 32.6 Å². The van der Waals surface area contributed by atoms with E-state index < -0.39 is 0 Å². The number of piperidine rings is 1. The molecule has 2 aliphatic rings. The summed E-state index contributed by atoms with van der Waals surface area (Å²) in [5.41, 5.74) is 0.172. The first kappa shape index (κ1) is 8.52. The molecular formula is C10H19NO. The van der Waals surface area contributed by atoms with Gasteiger partial charge in [-0.25, -0.2) is 0 Å². The van der Waals surface area contributed by atoms with E-state index >= 15 is 0 Å². The standard InChI is InChI=1S/C10H19NO/c1-10(12-2)5-7-11(8-6-10)9-3-4-9/h9H,3-8H2,1-2H3. The van der Waals surface area contributed by atoms with Gasteiger partial charge >= 0.3 is 0 Å². The molecule has 1 aliphatic heterocycles. The van der Waals surface area contributed by atoms with Crippen molar-refractivity contribution in [3.05, 3.63) is 0 Å². The minimum absolute atomic E-state index is 0.172. The highest BCUT2D eigenvalue weighted by Gasteiger charge is 2.36. The lowest BCUT2D eigenvalue weighted by molar-refractivity contribution is -0.0440. The zero-order valence-corrected chi connectivity index (χ0v) is 8.18. The zero-order valence-electron chi connectivity index (χ0n) is 8.18. The van der Waals surface area contributed by atoms with Crippen LogP contribution in [0.15, 0.2) is 0 Å². The summed E-state index contributed by atoms with van der Waals surface area (Å²) in [4.78, 5) is 2.63. The first-order valence-electron chi connectivity index (χ1n) is 5.03. The Bertz CT molecular complexity index is 157. The maximum absolute atomic E-state index is 5.50. The molecule has 1 heterocycles. The van der Waals surface area contributed by atoms with E-state index in [0.717, 1.165) is 6.04 Å². The molecule has 0 atom stereocenters. The summed E-state index contributed by atoms with van der Waals surface area (Å²) in [5.74, 6) is 0. The molecule has 1 saturated heterocycles. The van der Waals surface area contributed by atoms with Gasteiger partial charge in [-0.05, 0) is 32.6 Å². The third-order valence-corrected chi connectivity index (χ3v) is 3.41. The lowest BCUT2D eigenvalue weighted by atomic mass is 9.93. The highest BCUT2D eigenvalue weighted by atomic mass is 16.5. The van der Waals surface area contributed by atoms with Crippen LogP contribution in [0.25, 0.3) is 0 Å². The average molecular weight is 169 g/mol. The Balaban J connectivity index is 1.83. The number of hydrogen-bond acceptors (Lipinski definition) is 2. The molecule has 0 N–H and O–H groups in total. The van der Waals surface area contributed by atoms with Crippen LogP contribution in [-0.4, -0.2) is 36.7 Å². The van der Waals surface area contributed by atoms with Crippen molar-refractivity contribution < 1.29 is 4.74 Å². The number of methoxy groups -OCH3 is 1. The molecule has 2 fully saturated rings. The Hall–Kier alpha value is -0.0800. The van der Waals surface area contributed by atoms with Crippen LogP contribution >= 0.6 is 0 Å². The molecule has 0 bridgehead atoms. The zero-order chi connectivity index (χ0) is 8.60. The molecule has 0 radical (unpaired) electrons. The number of likely N-dealkylation sites (tertiary alicyclic amines) is 1. The summed E-state index contributed by atoms with van der Waals surface area (Å²) < 4.78 is 5.50. The second kappa shape index (κ2) is 3.00.